The SMILES string of the molecule is Cc1ccc(-c2nc([C@H](CC(=O)NCc3cnc(C)cn3)NC(=O)/C=C/c3cc(Cl)ccc3-n3cnnn3)[nH]c2Cl)cc1. The third-order valence-electron chi connectivity index (χ3n) is 6.34. The van der Waals surface area contributed by atoms with Gasteiger partial charge in [0, 0.05) is 28.4 Å². The number of tetrazole rings is 1. The number of amides is 2. The molecule has 3 N–H and O–H groups in total. The molecule has 2 aromatic carbocycles. The molecule has 1 atom stereocenters. The molecule has 0 bridgehead atoms. The molecule has 0 saturated heterocycles. The zero-order valence-electron chi connectivity index (χ0n) is 23.1. The minimum absolute atomic E-state index is 0.122. The molecule has 218 valence electrons. The first-order valence-electron chi connectivity index (χ1n) is 13.1. The quantitative estimate of drug-likeness (QED) is 0.196. The largest absolute Gasteiger partial charge is 0.350 e. The predicted molar refractivity (Wildman–Crippen MR) is 161 cm³/mol. The number of H-pyrrole nitrogens is 1. The van der Waals surface area contributed by atoms with Crippen LogP contribution >= 0.6 is 23.2 Å². The summed E-state index contributed by atoms with van der Waals surface area (Å²) in [6.45, 7) is 3.99. The number of aromatic nitrogens is 8. The minimum atomic E-state index is -0.837. The molecule has 0 radical (unpaired) electrons. The fraction of sp³-hybridized carbons (Fsp3) is 0.172. The zero-order valence-corrected chi connectivity index (χ0v) is 24.6. The Balaban J connectivity index is 1.37. The first kappa shape index (κ1) is 29.5. The number of benzene rings is 2. The van der Waals surface area contributed by atoms with Gasteiger partial charge in [0.05, 0.1) is 42.3 Å². The predicted octanol–water partition coefficient (Wildman–Crippen LogP) is 4.34. The monoisotopic (exact) mass is 616 g/mol. The number of nitrogens with one attached hydrogen (secondary N) is 3. The van der Waals surface area contributed by atoms with E-state index < -0.39 is 11.9 Å². The smallest absolute Gasteiger partial charge is 0.244 e. The second-order valence-electron chi connectivity index (χ2n) is 9.63. The number of halogens is 2. The van der Waals surface area contributed by atoms with Gasteiger partial charge in [-0.1, -0.05) is 53.0 Å². The van der Waals surface area contributed by atoms with Crippen LogP contribution in [0, 0.1) is 13.8 Å². The first-order chi connectivity index (χ1) is 20.7. The Morgan fingerprint density at radius 3 is 2.60 bits per heavy atom. The molecule has 0 aliphatic rings. The average Bonchev–Trinajstić information content (AvgIpc) is 3.66. The van der Waals surface area contributed by atoms with Crippen molar-refractivity contribution in [3.63, 3.8) is 0 Å². The van der Waals surface area contributed by atoms with E-state index in [-0.39, 0.29) is 24.0 Å². The number of imidazole rings is 1. The van der Waals surface area contributed by atoms with Crippen LogP contribution in [-0.2, 0) is 16.1 Å². The third-order valence-corrected chi connectivity index (χ3v) is 6.85. The Hall–Kier alpha value is -4.94. The van der Waals surface area contributed by atoms with Crippen molar-refractivity contribution in [1.82, 2.24) is 50.8 Å². The second-order valence-corrected chi connectivity index (χ2v) is 10.4. The minimum Gasteiger partial charge on any atom is -0.350 e. The summed E-state index contributed by atoms with van der Waals surface area (Å²) in [7, 11) is 0. The van der Waals surface area contributed by atoms with Gasteiger partial charge in [-0.3, -0.25) is 19.6 Å². The van der Waals surface area contributed by atoms with Gasteiger partial charge in [-0.25, -0.2) is 4.98 Å². The van der Waals surface area contributed by atoms with E-state index in [1.165, 1.54) is 17.1 Å². The van der Waals surface area contributed by atoms with Crippen molar-refractivity contribution in [3.8, 4) is 16.9 Å². The summed E-state index contributed by atoms with van der Waals surface area (Å²) in [5.41, 5.74) is 4.98. The summed E-state index contributed by atoms with van der Waals surface area (Å²) in [5.74, 6) is -0.490. The van der Waals surface area contributed by atoms with Gasteiger partial charge in [0.25, 0.3) is 0 Å². The van der Waals surface area contributed by atoms with Crippen molar-refractivity contribution in [2.75, 3.05) is 0 Å². The number of hydrogen-bond acceptors (Lipinski definition) is 8. The van der Waals surface area contributed by atoms with Gasteiger partial charge in [0.1, 0.15) is 23.0 Å². The maximum Gasteiger partial charge on any atom is 0.244 e. The highest BCUT2D eigenvalue weighted by Gasteiger charge is 2.23. The fourth-order valence-electron chi connectivity index (χ4n) is 4.13. The summed E-state index contributed by atoms with van der Waals surface area (Å²) in [4.78, 5) is 42.3. The molecule has 5 rings (SSSR count). The highest BCUT2D eigenvalue weighted by molar-refractivity contribution is 6.32. The van der Waals surface area contributed by atoms with E-state index in [0.717, 1.165) is 16.8 Å². The van der Waals surface area contributed by atoms with Gasteiger partial charge in [-0.2, -0.15) is 4.68 Å². The summed E-state index contributed by atoms with van der Waals surface area (Å²) in [5, 5.41) is 17.7. The topological polar surface area (TPSA) is 156 Å². The van der Waals surface area contributed by atoms with Crippen molar-refractivity contribution in [2.24, 2.45) is 0 Å². The Kier molecular flexibility index (Phi) is 9.18. The van der Waals surface area contributed by atoms with E-state index in [2.05, 4.69) is 46.1 Å². The molecule has 0 aliphatic carbocycles. The average molecular weight is 618 g/mol. The van der Waals surface area contributed by atoms with Gasteiger partial charge in [-0.15, -0.1) is 5.10 Å². The Bertz CT molecular complexity index is 1750. The van der Waals surface area contributed by atoms with Crippen molar-refractivity contribution < 1.29 is 9.59 Å². The first-order valence-corrected chi connectivity index (χ1v) is 13.9. The van der Waals surface area contributed by atoms with Gasteiger partial charge in [0.15, 0.2) is 0 Å². The molecule has 12 nitrogen and oxygen atoms in total. The van der Waals surface area contributed by atoms with Crippen LogP contribution < -0.4 is 10.6 Å². The Morgan fingerprint density at radius 2 is 1.88 bits per heavy atom. The maximum atomic E-state index is 13.2. The van der Waals surface area contributed by atoms with Gasteiger partial charge in [-0.05, 0) is 48.5 Å². The van der Waals surface area contributed by atoms with Crippen LogP contribution in [0.1, 0.15) is 40.8 Å². The van der Waals surface area contributed by atoms with E-state index in [0.29, 0.717) is 33.5 Å². The molecule has 43 heavy (non-hydrogen) atoms. The Labute approximate surface area is 256 Å². The number of carbonyl (C=O) groups excluding carboxylic acids is 2. The van der Waals surface area contributed by atoms with E-state index >= 15 is 0 Å². The van der Waals surface area contributed by atoms with Crippen LogP contribution in [0.2, 0.25) is 10.2 Å². The molecule has 5 aromatic rings. The lowest BCUT2D eigenvalue weighted by molar-refractivity contribution is -0.122. The van der Waals surface area contributed by atoms with Gasteiger partial charge in [0.2, 0.25) is 11.8 Å². The molecule has 3 heterocycles. The van der Waals surface area contributed by atoms with Crippen molar-refractivity contribution >= 4 is 41.1 Å². The fourth-order valence-corrected chi connectivity index (χ4v) is 4.56. The molecule has 0 saturated carbocycles. The number of nitrogens with zero attached hydrogens (tertiary/aromatic N) is 7. The number of aromatic amines is 1. The Morgan fingerprint density at radius 1 is 1.07 bits per heavy atom. The summed E-state index contributed by atoms with van der Waals surface area (Å²) >= 11 is 12.7. The van der Waals surface area contributed by atoms with E-state index in [4.69, 9.17) is 23.2 Å². The highest BCUT2D eigenvalue weighted by Crippen LogP contribution is 2.29. The number of rotatable bonds is 10. The van der Waals surface area contributed by atoms with E-state index in [1.807, 2.05) is 38.1 Å². The molecular weight excluding hydrogens is 591 g/mol. The van der Waals surface area contributed by atoms with Crippen LogP contribution in [0.4, 0.5) is 0 Å². The lowest BCUT2D eigenvalue weighted by atomic mass is 10.1. The number of aryl methyl sites for hydroxylation is 2. The maximum absolute atomic E-state index is 13.2. The standard InChI is InChI=1S/C29H26Cl2N10O2/c1-17-3-5-19(6-4-17)27-28(31)38-29(37-27)23(12-26(43)34-15-22-14-32-18(2)13-33-22)36-25(42)10-7-20-11-21(30)8-9-24(20)41-16-35-39-40-41/h3-11,13-14,16,23H,12,15H2,1-2H3,(H,34,43)(H,36,42)(H,37,38)/b10-7+/t23-/m0/s1. The molecule has 0 aliphatic heterocycles. The van der Waals surface area contributed by atoms with E-state index in [1.54, 1.807) is 36.7 Å². The normalized spacial score (nSPS) is 11.9. The van der Waals surface area contributed by atoms with Crippen molar-refractivity contribution in [1.29, 1.82) is 0 Å². The lowest BCUT2D eigenvalue weighted by Gasteiger charge is -2.16. The van der Waals surface area contributed by atoms with Gasteiger partial charge >= 0.3 is 0 Å². The molecule has 0 spiro atoms. The van der Waals surface area contributed by atoms with E-state index in [9.17, 15) is 9.59 Å². The summed E-state index contributed by atoms with van der Waals surface area (Å²) in [6.07, 6.45) is 7.45. The van der Waals surface area contributed by atoms with Crippen LogP contribution in [0.5, 0.6) is 0 Å². The van der Waals surface area contributed by atoms with Crippen LogP contribution in [0.15, 0.2) is 67.3 Å². The number of hydrogen-bond donors (Lipinski definition) is 3. The lowest BCUT2D eigenvalue weighted by Crippen LogP contribution is -2.33. The summed E-state index contributed by atoms with van der Waals surface area (Å²) < 4.78 is 1.46. The van der Waals surface area contributed by atoms with Crippen molar-refractivity contribution in [2.45, 2.75) is 32.9 Å². The number of carbonyl (C=O) groups is 2. The van der Waals surface area contributed by atoms with Crippen LogP contribution in [0.3, 0.4) is 0 Å². The molecular formula is C29H26Cl2N10O2. The second kappa shape index (κ2) is 13.4. The molecule has 0 fully saturated rings. The zero-order chi connectivity index (χ0) is 30.3. The third kappa shape index (κ3) is 7.67. The van der Waals surface area contributed by atoms with Gasteiger partial charge < -0.3 is 15.6 Å². The van der Waals surface area contributed by atoms with Crippen LogP contribution in [0.25, 0.3) is 23.0 Å². The molecule has 0 unspecified atom stereocenters. The summed E-state index contributed by atoms with van der Waals surface area (Å²) in [6, 6.07) is 12.0. The molecule has 2 amide bonds. The van der Waals surface area contributed by atoms with Crippen molar-refractivity contribution in [3.05, 3.63) is 106 Å². The molecule has 14 heteroatoms. The highest BCUT2D eigenvalue weighted by atomic mass is 35.5. The van der Waals surface area contributed by atoms with Crippen LogP contribution in [-0.4, -0.2) is 52.0 Å². The molecule has 3 aromatic heterocycles.